The van der Waals surface area contributed by atoms with Gasteiger partial charge in [0, 0.05) is 51.4 Å². The van der Waals surface area contributed by atoms with Crippen molar-refractivity contribution in [3.8, 4) is 11.3 Å². The molecule has 1 amide bonds. The van der Waals surface area contributed by atoms with Crippen LogP contribution >= 0.6 is 0 Å². The standard InChI is InChI=1S/C30H35N5O/c1-24-9-5-6-14-27(24)28-15-16-29(32-31-28)35-18-8-13-26(23-35)30(36)34-21-19-33(20-22-34)17-7-12-25-10-3-2-4-11-25/h2-7,9-12,14-16,26H,8,13,17-23H2,1H3/b12-7+. The molecule has 0 saturated carbocycles. The maximum absolute atomic E-state index is 13.3. The number of piperazine rings is 1. The van der Waals surface area contributed by atoms with Gasteiger partial charge in [0.15, 0.2) is 5.82 Å². The van der Waals surface area contributed by atoms with Crippen LogP contribution in [0, 0.1) is 12.8 Å². The van der Waals surface area contributed by atoms with Crippen LogP contribution in [0.15, 0.2) is 72.8 Å². The average molecular weight is 482 g/mol. The Morgan fingerprint density at radius 2 is 1.69 bits per heavy atom. The van der Waals surface area contributed by atoms with Crippen LogP contribution in [-0.4, -0.2) is 71.7 Å². The highest BCUT2D eigenvalue weighted by Crippen LogP contribution is 2.26. The first-order valence-corrected chi connectivity index (χ1v) is 13.0. The predicted octanol–water partition coefficient (Wildman–Crippen LogP) is 4.53. The summed E-state index contributed by atoms with van der Waals surface area (Å²) in [6, 6.07) is 22.7. The second-order valence-corrected chi connectivity index (χ2v) is 9.82. The number of hydrogen-bond donors (Lipinski definition) is 0. The van der Waals surface area contributed by atoms with Gasteiger partial charge in [0.1, 0.15) is 0 Å². The van der Waals surface area contributed by atoms with E-state index in [2.05, 4.69) is 80.4 Å². The molecule has 6 heteroatoms. The number of carbonyl (C=O) groups is 1. The van der Waals surface area contributed by atoms with Crippen molar-refractivity contribution >= 4 is 17.8 Å². The molecule has 2 aliphatic rings. The fourth-order valence-electron chi connectivity index (χ4n) is 5.20. The van der Waals surface area contributed by atoms with Gasteiger partial charge in [-0.25, -0.2) is 0 Å². The maximum atomic E-state index is 13.3. The molecule has 2 fully saturated rings. The molecule has 0 N–H and O–H groups in total. The lowest BCUT2D eigenvalue weighted by molar-refractivity contribution is -0.137. The zero-order chi connectivity index (χ0) is 24.7. The fourth-order valence-corrected chi connectivity index (χ4v) is 5.20. The molecule has 5 rings (SSSR count). The molecule has 36 heavy (non-hydrogen) atoms. The van der Waals surface area contributed by atoms with E-state index in [9.17, 15) is 4.79 Å². The van der Waals surface area contributed by atoms with Crippen molar-refractivity contribution < 1.29 is 4.79 Å². The molecule has 0 bridgehead atoms. The van der Waals surface area contributed by atoms with Crippen molar-refractivity contribution in [1.29, 1.82) is 0 Å². The van der Waals surface area contributed by atoms with E-state index in [1.54, 1.807) is 0 Å². The summed E-state index contributed by atoms with van der Waals surface area (Å²) in [6.45, 7) is 8.11. The van der Waals surface area contributed by atoms with E-state index in [0.29, 0.717) is 5.91 Å². The Hall–Kier alpha value is -3.51. The molecule has 3 heterocycles. The number of hydrogen-bond acceptors (Lipinski definition) is 5. The van der Waals surface area contributed by atoms with Gasteiger partial charge in [0.25, 0.3) is 0 Å². The summed E-state index contributed by atoms with van der Waals surface area (Å²) in [6.07, 6.45) is 6.34. The van der Waals surface area contributed by atoms with Gasteiger partial charge in [-0.2, -0.15) is 0 Å². The molecular formula is C30H35N5O. The van der Waals surface area contributed by atoms with Crippen molar-refractivity contribution in [2.45, 2.75) is 19.8 Å². The smallest absolute Gasteiger partial charge is 0.227 e. The molecule has 2 aliphatic heterocycles. The van der Waals surface area contributed by atoms with Crippen molar-refractivity contribution in [3.63, 3.8) is 0 Å². The Morgan fingerprint density at radius 3 is 2.44 bits per heavy atom. The Morgan fingerprint density at radius 1 is 0.917 bits per heavy atom. The average Bonchev–Trinajstić information content (AvgIpc) is 2.94. The van der Waals surface area contributed by atoms with Gasteiger partial charge in [-0.3, -0.25) is 9.69 Å². The van der Waals surface area contributed by atoms with Gasteiger partial charge in [0.2, 0.25) is 5.91 Å². The molecule has 3 aromatic rings. The van der Waals surface area contributed by atoms with Gasteiger partial charge < -0.3 is 9.80 Å². The fraction of sp³-hybridized carbons (Fsp3) is 0.367. The van der Waals surface area contributed by atoms with Gasteiger partial charge in [-0.05, 0) is 43.0 Å². The van der Waals surface area contributed by atoms with E-state index in [4.69, 9.17) is 0 Å². The minimum atomic E-state index is 0.0288. The molecule has 0 aliphatic carbocycles. The minimum absolute atomic E-state index is 0.0288. The van der Waals surface area contributed by atoms with Crippen molar-refractivity contribution in [1.82, 2.24) is 20.0 Å². The van der Waals surface area contributed by atoms with Gasteiger partial charge >= 0.3 is 0 Å². The first-order chi connectivity index (χ1) is 17.7. The zero-order valence-corrected chi connectivity index (χ0v) is 21.1. The summed E-state index contributed by atoms with van der Waals surface area (Å²) in [5, 5.41) is 9.02. The van der Waals surface area contributed by atoms with E-state index in [1.165, 1.54) is 11.1 Å². The van der Waals surface area contributed by atoms with E-state index in [-0.39, 0.29) is 5.92 Å². The number of rotatable bonds is 6. The molecule has 6 nitrogen and oxygen atoms in total. The number of benzene rings is 2. The molecular weight excluding hydrogens is 446 g/mol. The van der Waals surface area contributed by atoms with E-state index in [0.717, 1.165) is 75.7 Å². The first-order valence-electron chi connectivity index (χ1n) is 13.0. The minimum Gasteiger partial charge on any atom is -0.354 e. The van der Waals surface area contributed by atoms with E-state index in [1.807, 2.05) is 30.3 Å². The summed E-state index contributed by atoms with van der Waals surface area (Å²) in [5.74, 6) is 1.18. The van der Waals surface area contributed by atoms with Crippen LogP contribution in [0.4, 0.5) is 5.82 Å². The Balaban J connectivity index is 1.13. The van der Waals surface area contributed by atoms with Gasteiger partial charge in [-0.1, -0.05) is 66.7 Å². The third kappa shape index (κ3) is 5.82. The lowest BCUT2D eigenvalue weighted by Crippen LogP contribution is -2.52. The zero-order valence-electron chi connectivity index (χ0n) is 21.1. The highest BCUT2D eigenvalue weighted by molar-refractivity contribution is 5.80. The highest BCUT2D eigenvalue weighted by atomic mass is 16.2. The number of amides is 1. The number of piperidine rings is 1. The quantitative estimate of drug-likeness (QED) is 0.518. The number of nitrogens with zero attached hydrogens (tertiary/aromatic N) is 5. The van der Waals surface area contributed by atoms with Crippen molar-refractivity contribution in [2.24, 2.45) is 5.92 Å². The molecule has 1 unspecified atom stereocenters. The molecule has 1 aromatic heterocycles. The topological polar surface area (TPSA) is 52.6 Å². The second-order valence-electron chi connectivity index (χ2n) is 9.82. The summed E-state index contributed by atoms with van der Waals surface area (Å²) in [4.78, 5) is 20.1. The van der Waals surface area contributed by atoms with Crippen LogP contribution in [0.5, 0.6) is 0 Å². The first kappa shape index (κ1) is 24.2. The third-order valence-electron chi connectivity index (χ3n) is 7.32. The van der Waals surface area contributed by atoms with Crippen molar-refractivity contribution in [2.75, 3.05) is 50.7 Å². The number of carbonyl (C=O) groups excluding carboxylic acids is 1. The second kappa shape index (κ2) is 11.5. The van der Waals surface area contributed by atoms with Crippen LogP contribution in [-0.2, 0) is 4.79 Å². The molecule has 186 valence electrons. The molecule has 0 radical (unpaired) electrons. The van der Waals surface area contributed by atoms with Gasteiger partial charge in [0.05, 0.1) is 11.6 Å². The van der Waals surface area contributed by atoms with Crippen LogP contribution in [0.1, 0.15) is 24.0 Å². The van der Waals surface area contributed by atoms with E-state index >= 15 is 0 Å². The monoisotopic (exact) mass is 481 g/mol. The van der Waals surface area contributed by atoms with Crippen LogP contribution in [0.25, 0.3) is 17.3 Å². The highest BCUT2D eigenvalue weighted by Gasteiger charge is 2.31. The number of aryl methyl sites for hydroxylation is 1. The summed E-state index contributed by atoms with van der Waals surface area (Å²) in [7, 11) is 0. The Kier molecular flexibility index (Phi) is 7.72. The number of aromatic nitrogens is 2. The largest absolute Gasteiger partial charge is 0.354 e. The predicted molar refractivity (Wildman–Crippen MR) is 146 cm³/mol. The summed E-state index contributed by atoms with van der Waals surface area (Å²) >= 11 is 0. The summed E-state index contributed by atoms with van der Waals surface area (Å²) in [5.41, 5.74) is 4.41. The maximum Gasteiger partial charge on any atom is 0.227 e. The number of anilines is 1. The SMILES string of the molecule is Cc1ccccc1-c1ccc(N2CCCC(C(=O)N3CCN(C/C=C/c4ccccc4)CC3)C2)nn1. The van der Waals surface area contributed by atoms with E-state index < -0.39 is 0 Å². The van der Waals surface area contributed by atoms with Crippen LogP contribution in [0.3, 0.4) is 0 Å². The summed E-state index contributed by atoms with van der Waals surface area (Å²) < 4.78 is 0. The van der Waals surface area contributed by atoms with Gasteiger partial charge in [-0.15, -0.1) is 10.2 Å². The van der Waals surface area contributed by atoms with Crippen molar-refractivity contribution in [3.05, 3.63) is 83.9 Å². The third-order valence-corrected chi connectivity index (χ3v) is 7.32. The lowest BCUT2D eigenvalue weighted by atomic mass is 9.96. The lowest BCUT2D eigenvalue weighted by Gasteiger charge is -2.39. The Labute approximate surface area is 214 Å². The normalized spacial score (nSPS) is 19.1. The molecule has 1 atom stereocenters. The Bertz CT molecular complexity index is 1170. The molecule has 2 aromatic carbocycles. The van der Waals surface area contributed by atoms with Crippen LogP contribution in [0.2, 0.25) is 0 Å². The molecule has 2 saturated heterocycles. The van der Waals surface area contributed by atoms with Crippen LogP contribution < -0.4 is 4.90 Å². The molecule has 0 spiro atoms.